The normalized spacial score (nSPS) is 28.2. The molecule has 35 heavy (non-hydrogen) atoms. The number of nitrogens with two attached hydrogens (primary N) is 1. The van der Waals surface area contributed by atoms with Crippen LogP contribution in [-0.2, 0) is 27.2 Å². The number of ketones is 2. The van der Waals surface area contributed by atoms with Gasteiger partial charge in [0.25, 0.3) is 5.91 Å². The molecule has 0 unspecified atom stereocenters. The van der Waals surface area contributed by atoms with E-state index in [4.69, 9.17) is 5.73 Å². The van der Waals surface area contributed by atoms with Gasteiger partial charge in [-0.3, -0.25) is 19.3 Å². The Kier molecular flexibility index (Phi) is 6.27. The topological polar surface area (TPSA) is 161 Å². The molecule has 1 fully saturated rings. The third-order valence-electron chi connectivity index (χ3n) is 7.75. The Morgan fingerprint density at radius 1 is 1.17 bits per heavy atom. The largest absolute Gasteiger partial charge is 0.508 e. The quantitative estimate of drug-likeness (QED) is 0.301. The lowest BCUT2D eigenvalue weighted by Gasteiger charge is -2.50. The molecule has 1 saturated carbocycles. The fraction of sp³-hybridized carbons (Fsp3) is 0.500. The zero-order valence-electron chi connectivity index (χ0n) is 20.2. The van der Waals surface area contributed by atoms with Gasteiger partial charge in [-0.25, -0.2) is 0 Å². The summed E-state index contributed by atoms with van der Waals surface area (Å²) in [6, 6.07) is 2.22. The van der Waals surface area contributed by atoms with Crippen LogP contribution in [0, 0.1) is 11.8 Å². The number of Topliss-reactive ketones (excluding diaryl/α,β-unsaturated/α-hetero) is 2. The number of aliphatic hydroxyl groups excluding tert-OH is 2. The van der Waals surface area contributed by atoms with Crippen LogP contribution in [0.3, 0.4) is 0 Å². The SMILES string of the molecule is CCCCCc1ccc(O)c2c1C[C@@H]1C[C@@H]3[C@@H](N(C)C)C(=O)C(C(N)=O)=C(O)[C@]3(O)C(=O)C1=C2O. The summed E-state index contributed by atoms with van der Waals surface area (Å²) >= 11 is 0. The Bertz CT molecular complexity index is 1180. The van der Waals surface area contributed by atoms with Gasteiger partial charge < -0.3 is 26.2 Å². The predicted octanol–water partition coefficient (Wildman–Crippen LogP) is 1.70. The van der Waals surface area contributed by atoms with Crippen LogP contribution in [0.4, 0.5) is 0 Å². The number of unbranched alkanes of at least 4 members (excludes halogenated alkanes) is 2. The maximum absolute atomic E-state index is 13.8. The van der Waals surface area contributed by atoms with Gasteiger partial charge in [0.05, 0.1) is 11.6 Å². The van der Waals surface area contributed by atoms with Gasteiger partial charge in [-0.05, 0) is 62.9 Å². The summed E-state index contributed by atoms with van der Waals surface area (Å²) in [6.45, 7) is 2.10. The molecule has 0 heterocycles. The number of hydrogen-bond acceptors (Lipinski definition) is 8. The Balaban J connectivity index is 1.91. The van der Waals surface area contributed by atoms with Crippen molar-refractivity contribution in [2.45, 2.75) is 57.1 Å². The molecule has 3 aliphatic carbocycles. The van der Waals surface area contributed by atoms with E-state index in [2.05, 4.69) is 6.92 Å². The number of primary amides is 1. The monoisotopic (exact) mass is 484 g/mol. The molecule has 6 N–H and O–H groups in total. The number of phenols is 1. The lowest BCUT2D eigenvalue weighted by Crippen LogP contribution is -2.65. The number of amides is 1. The number of hydrogen-bond donors (Lipinski definition) is 5. The van der Waals surface area contributed by atoms with E-state index in [9.17, 15) is 34.8 Å². The molecule has 9 nitrogen and oxygen atoms in total. The molecule has 1 amide bonds. The Morgan fingerprint density at radius 2 is 1.86 bits per heavy atom. The van der Waals surface area contributed by atoms with Crippen molar-refractivity contribution in [1.29, 1.82) is 0 Å². The molecule has 9 heteroatoms. The van der Waals surface area contributed by atoms with Crippen LogP contribution < -0.4 is 5.73 Å². The molecule has 0 saturated heterocycles. The molecular formula is C26H32N2O7. The van der Waals surface area contributed by atoms with E-state index < -0.39 is 58.0 Å². The average Bonchev–Trinajstić information content (AvgIpc) is 2.77. The molecule has 188 valence electrons. The summed E-state index contributed by atoms with van der Waals surface area (Å²) < 4.78 is 0. The molecule has 0 aromatic heterocycles. The van der Waals surface area contributed by atoms with Gasteiger partial charge in [0, 0.05) is 11.5 Å². The number of fused-ring (bicyclic) bond motifs is 3. The Labute approximate surface area is 203 Å². The second-order valence-corrected chi connectivity index (χ2v) is 10.0. The zero-order valence-corrected chi connectivity index (χ0v) is 20.2. The number of phenolic OH excluding ortho intramolecular Hbond substituents is 1. The lowest BCUT2D eigenvalue weighted by atomic mass is 9.57. The van der Waals surface area contributed by atoms with Crippen molar-refractivity contribution in [3.05, 3.63) is 45.7 Å². The minimum absolute atomic E-state index is 0.0931. The molecule has 4 atom stereocenters. The van der Waals surface area contributed by atoms with Crippen LogP contribution in [-0.4, -0.2) is 68.5 Å². The molecule has 0 aliphatic heterocycles. The summed E-state index contributed by atoms with van der Waals surface area (Å²) in [4.78, 5) is 40.4. The number of carbonyl (C=O) groups is 3. The number of rotatable bonds is 6. The smallest absolute Gasteiger partial charge is 0.255 e. The third kappa shape index (κ3) is 3.56. The fourth-order valence-corrected chi connectivity index (χ4v) is 6.11. The highest BCUT2D eigenvalue weighted by Crippen LogP contribution is 2.53. The maximum Gasteiger partial charge on any atom is 0.255 e. The highest BCUT2D eigenvalue weighted by Gasteiger charge is 2.64. The Hall–Kier alpha value is -3.17. The molecule has 0 radical (unpaired) electrons. The zero-order chi connectivity index (χ0) is 25.8. The van der Waals surface area contributed by atoms with Crippen molar-refractivity contribution < 1.29 is 34.8 Å². The van der Waals surface area contributed by atoms with E-state index in [1.54, 1.807) is 14.1 Å². The van der Waals surface area contributed by atoms with Gasteiger partial charge in [-0.1, -0.05) is 25.8 Å². The number of aromatic hydroxyl groups is 1. The van der Waals surface area contributed by atoms with E-state index in [-0.39, 0.29) is 23.3 Å². The number of carbonyl (C=O) groups excluding carboxylic acids is 3. The van der Waals surface area contributed by atoms with Gasteiger partial charge in [0.1, 0.15) is 22.8 Å². The van der Waals surface area contributed by atoms with Crippen molar-refractivity contribution in [3.8, 4) is 5.75 Å². The highest BCUT2D eigenvalue weighted by molar-refractivity contribution is 6.24. The Morgan fingerprint density at radius 3 is 2.46 bits per heavy atom. The molecular weight excluding hydrogens is 452 g/mol. The fourth-order valence-electron chi connectivity index (χ4n) is 6.11. The van der Waals surface area contributed by atoms with Gasteiger partial charge in [-0.2, -0.15) is 0 Å². The van der Waals surface area contributed by atoms with E-state index in [1.165, 1.54) is 11.0 Å². The van der Waals surface area contributed by atoms with E-state index in [0.29, 0.717) is 6.42 Å². The molecule has 1 aromatic rings. The molecule has 0 spiro atoms. The van der Waals surface area contributed by atoms with Crippen molar-refractivity contribution >= 4 is 23.2 Å². The molecule has 4 rings (SSSR count). The number of aliphatic hydroxyl groups is 3. The van der Waals surface area contributed by atoms with Gasteiger partial charge in [-0.15, -0.1) is 0 Å². The van der Waals surface area contributed by atoms with Crippen LogP contribution in [0.2, 0.25) is 0 Å². The van der Waals surface area contributed by atoms with Gasteiger partial charge in [0.2, 0.25) is 5.78 Å². The summed E-state index contributed by atoms with van der Waals surface area (Å²) in [5.41, 5.74) is 3.64. The second-order valence-electron chi connectivity index (χ2n) is 10.0. The van der Waals surface area contributed by atoms with Gasteiger partial charge in [0.15, 0.2) is 11.4 Å². The van der Waals surface area contributed by atoms with E-state index in [1.807, 2.05) is 6.07 Å². The van der Waals surface area contributed by atoms with Crippen LogP contribution in [0.25, 0.3) is 5.76 Å². The number of likely N-dealkylation sites (N-methyl/N-ethyl adjacent to an activating group) is 1. The molecule has 3 aliphatic rings. The average molecular weight is 485 g/mol. The third-order valence-corrected chi connectivity index (χ3v) is 7.75. The number of aryl methyl sites for hydroxylation is 1. The first-order valence-corrected chi connectivity index (χ1v) is 11.9. The summed E-state index contributed by atoms with van der Waals surface area (Å²) in [7, 11) is 3.16. The predicted molar refractivity (Wildman–Crippen MR) is 127 cm³/mol. The van der Waals surface area contributed by atoms with E-state index in [0.717, 1.165) is 36.8 Å². The van der Waals surface area contributed by atoms with Crippen LogP contribution >= 0.6 is 0 Å². The maximum atomic E-state index is 13.8. The minimum atomic E-state index is -2.61. The highest BCUT2D eigenvalue weighted by atomic mass is 16.3. The first-order chi connectivity index (χ1) is 16.5. The van der Waals surface area contributed by atoms with Crippen molar-refractivity contribution in [2.24, 2.45) is 17.6 Å². The van der Waals surface area contributed by atoms with E-state index >= 15 is 0 Å². The van der Waals surface area contributed by atoms with Crippen LogP contribution in [0.5, 0.6) is 5.75 Å². The summed E-state index contributed by atoms with van der Waals surface area (Å²) in [5.74, 6) is -6.33. The van der Waals surface area contributed by atoms with Crippen LogP contribution in [0.15, 0.2) is 29.0 Å². The first-order valence-electron chi connectivity index (χ1n) is 11.9. The minimum Gasteiger partial charge on any atom is -0.508 e. The van der Waals surface area contributed by atoms with Gasteiger partial charge >= 0.3 is 0 Å². The first kappa shape index (κ1) is 24.9. The standard InChI is InChI=1S/C26H32N2O7/c1-4-5-6-7-12-8-9-16(29)18-14(12)10-13-11-15-20(28(2)3)22(31)19(25(27)34)24(33)26(15,35)23(32)17(13)21(18)30/h8-9,13,15,20,29-30,33,35H,4-7,10-11H2,1-3H3,(H2,27,34)/t13-,15-,20-,26-/m1/s1. The summed E-state index contributed by atoms with van der Waals surface area (Å²) in [6.07, 6.45) is 4.16. The molecule has 0 bridgehead atoms. The second kappa shape index (κ2) is 8.80. The van der Waals surface area contributed by atoms with Crippen molar-refractivity contribution in [1.82, 2.24) is 4.90 Å². The van der Waals surface area contributed by atoms with Crippen molar-refractivity contribution in [2.75, 3.05) is 14.1 Å². The van der Waals surface area contributed by atoms with Crippen LogP contribution in [0.1, 0.15) is 49.3 Å². The molecule has 1 aromatic carbocycles. The van der Waals surface area contributed by atoms with Crippen molar-refractivity contribution in [3.63, 3.8) is 0 Å². The summed E-state index contributed by atoms with van der Waals surface area (Å²) in [5, 5.41) is 44.2. The number of nitrogens with zero attached hydrogens (tertiary/aromatic N) is 1. The number of benzene rings is 1. The lowest BCUT2D eigenvalue weighted by molar-refractivity contribution is -0.153.